The van der Waals surface area contributed by atoms with Crippen molar-refractivity contribution in [2.45, 2.75) is 20.8 Å². The number of hydrogen-bond acceptors (Lipinski definition) is 5. The molecule has 0 saturated heterocycles. The average molecular weight is 247 g/mol. The van der Waals surface area contributed by atoms with E-state index in [4.69, 9.17) is 4.42 Å². The fraction of sp³-hybridized carbons (Fsp3) is 0.231. The molecular formula is C13H13NO4. The highest BCUT2D eigenvalue weighted by atomic mass is 16.7. The summed E-state index contributed by atoms with van der Waals surface area (Å²) >= 11 is 0. The molecule has 0 saturated carbocycles. The standard InChI is InChI=1S/C13H13NO4/c1-7-6-17-13-5-12(16)11(4-10(7)13)8(2)14-18-9(3)15/h4-6,16H,1-3H3. The van der Waals surface area contributed by atoms with Crippen LogP contribution in [0.5, 0.6) is 5.75 Å². The van der Waals surface area contributed by atoms with Crippen molar-refractivity contribution in [3.8, 4) is 5.75 Å². The van der Waals surface area contributed by atoms with Crippen molar-refractivity contribution in [2.24, 2.45) is 5.16 Å². The number of fused-ring (bicyclic) bond motifs is 1. The third-order valence-electron chi connectivity index (χ3n) is 2.59. The Morgan fingerprint density at radius 3 is 2.78 bits per heavy atom. The second-order valence-corrected chi connectivity index (χ2v) is 4.04. The molecule has 0 atom stereocenters. The Hall–Kier alpha value is -2.30. The van der Waals surface area contributed by atoms with Crippen LogP contribution >= 0.6 is 0 Å². The molecule has 0 unspecified atom stereocenters. The van der Waals surface area contributed by atoms with E-state index in [2.05, 4.69) is 9.99 Å². The lowest BCUT2D eigenvalue weighted by Crippen LogP contribution is -1.99. The molecule has 0 bridgehead atoms. The van der Waals surface area contributed by atoms with Crippen molar-refractivity contribution >= 4 is 22.7 Å². The van der Waals surface area contributed by atoms with Crippen LogP contribution in [0, 0.1) is 6.92 Å². The maximum atomic E-state index is 10.7. The summed E-state index contributed by atoms with van der Waals surface area (Å²) in [5.41, 5.74) is 2.50. The van der Waals surface area contributed by atoms with E-state index in [0.29, 0.717) is 16.9 Å². The predicted molar refractivity (Wildman–Crippen MR) is 66.6 cm³/mol. The molecular weight excluding hydrogens is 234 g/mol. The van der Waals surface area contributed by atoms with Crippen LogP contribution in [-0.4, -0.2) is 16.8 Å². The Balaban J connectivity index is 2.49. The maximum absolute atomic E-state index is 10.7. The lowest BCUT2D eigenvalue weighted by Gasteiger charge is -2.04. The van der Waals surface area contributed by atoms with Gasteiger partial charge in [-0.3, -0.25) is 0 Å². The number of phenols is 1. The van der Waals surface area contributed by atoms with Gasteiger partial charge in [0.15, 0.2) is 0 Å². The summed E-state index contributed by atoms with van der Waals surface area (Å²) in [4.78, 5) is 15.2. The minimum absolute atomic E-state index is 0.0326. The topological polar surface area (TPSA) is 72.0 Å². The molecule has 0 radical (unpaired) electrons. The molecule has 0 aliphatic heterocycles. The zero-order valence-electron chi connectivity index (χ0n) is 10.4. The predicted octanol–water partition coefficient (Wildman–Crippen LogP) is 2.73. The van der Waals surface area contributed by atoms with Gasteiger partial charge in [-0.25, -0.2) is 4.79 Å². The number of oxime groups is 1. The molecule has 5 nitrogen and oxygen atoms in total. The number of nitrogens with zero attached hydrogens (tertiary/aromatic N) is 1. The average Bonchev–Trinajstić information content (AvgIpc) is 2.66. The van der Waals surface area contributed by atoms with Crippen molar-refractivity contribution in [1.29, 1.82) is 0 Å². The monoisotopic (exact) mass is 247 g/mol. The fourth-order valence-electron chi connectivity index (χ4n) is 1.66. The molecule has 1 heterocycles. The molecule has 0 amide bonds. The molecule has 18 heavy (non-hydrogen) atoms. The zero-order chi connectivity index (χ0) is 13.3. The van der Waals surface area contributed by atoms with Gasteiger partial charge < -0.3 is 14.4 Å². The van der Waals surface area contributed by atoms with Crippen molar-refractivity contribution < 1.29 is 19.2 Å². The fourth-order valence-corrected chi connectivity index (χ4v) is 1.66. The van der Waals surface area contributed by atoms with Crippen LogP contribution in [0.1, 0.15) is 25.0 Å². The van der Waals surface area contributed by atoms with E-state index in [1.54, 1.807) is 19.3 Å². The highest BCUT2D eigenvalue weighted by Gasteiger charge is 2.11. The lowest BCUT2D eigenvalue weighted by molar-refractivity contribution is -0.140. The number of phenolic OH excluding ortho intramolecular Hbond substituents is 1. The van der Waals surface area contributed by atoms with Crippen LogP contribution in [-0.2, 0) is 9.63 Å². The largest absolute Gasteiger partial charge is 0.507 e. The van der Waals surface area contributed by atoms with Gasteiger partial charge in [0, 0.05) is 23.9 Å². The van der Waals surface area contributed by atoms with E-state index in [0.717, 1.165) is 10.9 Å². The molecule has 0 fully saturated rings. The second-order valence-electron chi connectivity index (χ2n) is 4.04. The summed E-state index contributed by atoms with van der Waals surface area (Å²) in [6.45, 7) is 4.82. The van der Waals surface area contributed by atoms with Gasteiger partial charge in [-0.05, 0) is 25.5 Å². The third-order valence-corrected chi connectivity index (χ3v) is 2.59. The third kappa shape index (κ3) is 2.20. The Bertz CT molecular complexity index is 640. The van der Waals surface area contributed by atoms with Gasteiger partial charge >= 0.3 is 5.97 Å². The van der Waals surface area contributed by atoms with Crippen molar-refractivity contribution in [3.05, 3.63) is 29.5 Å². The smallest absolute Gasteiger partial charge is 0.331 e. The highest BCUT2D eigenvalue weighted by molar-refractivity contribution is 6.04. The minimum atomic E-state index is -0.505. The van der Waals surface area contributed by atoms with E-state index < -0.39 is 5.97 Å². The quantitative estimate of drug-likeness (QED) is 0.503. The number of carbonyl (C=O) groups excluding carboxylic acids is 1. The van der Waals surface area contributed by atoms with Gasteiger partial charge in [0.05, 0.1) is 12.0 Å². The first-order valence-electron chi connectivity index (χ1n) is 5.42. The first kappa shape index (κ1) is 12.2. The molecule has 1 N–H and O–H groups in total. The number of furan rings is 1. The second kappa shape index (κ2) is 4.52. The Labute approximate surface area is 104 Å². The number of carbonyl (C=O) groups is 1. The minimum Gasteiger partial charge on any atom is -0.507 e. The number of aryl methyl sites for hydroxylation is 1. The molecule has 5 heteroatoms. The lowest BCUT2D eigenvalue weighted by atomic mass is 10.1. The SMILES string of the molecule is CC(=O)ON=C(C)c1cc2c(C)coc2cc1O. The van der Waals surface area contributed by atoms with Gasteiger partial charge in [-0.2, -0.15) is 0 Å². The first-order valence-corrected chi connectivity index (χ1v) is 5.42. The molecule has 2 aromatic rings. The van der Waals surface area contributed by atoms with E-state index in [1.165, 1.54) is 13.0 Å². The van der Waals surface area contributed by atoms with Gasteiger partial charge in [-0.1, -0.05) is 5.16 Å². The summed E-state index contributed by atoms with van der Waals surface area (Å²) in [6, 6.07) is 3.27. The first-order chi connectivity index (χ1) is 8.49. The van der Waals surface area contributed by atoms with Crippen LogP contribution in [0.15, 0.2) is 28.0 Å². The summed E-state index contributed by atoms with van der Waals surface area (Å²) in [5.74, 6) is -0.473. The van der Waals surface area contributed by atoms with E-state index in [-0.39, 0.29) is 5.75 Å². The Morgan fingerprint density at radius 2 is 2.11 bits per heavy atom. The summed E-state index contributed by atoms with van der Waals surface area (Å²) in [6.07, 6.45) is 1.62. The number of rotatable bonds is 2. The van der Waals surface area contributed by atoms with E-state index in [9.17, 15) is 9.90 Å². The molecule has 1 aromatic heterocycles. The number of aromatic hydroxyl groups is 1. The van der Waals surface area contributed by atoms with Crippen molar-refractivity contribution in [2.75, 3.05) is 0 Å². The summed E-state index contributed by atoms with van der Waals surface area (Å²) in [7, 11) is 0. The van der Waals surface area contributed by atoms with Gasteiger partial charge in [0.2, 0.25) is 0 Å². The van der Waals surface area contributed by atoms with Crippen LogP contribution in [0.2, 0.25) is 0 Å². The molecule has 0 spiro atoms. The van der Waals surface area contributed by atoms with Gasteiger partial charge in [0.1, 0.15) is 11.3 Å². The van der Waals surface area contributed by atoms with Crippen molar-refractivity contribution in [3.63, 3.8) is 0 Å². The molecule has 0 aliphatic carbocycles. The maximum Gasteiger partial charge on any atom is 0.331 e. The number of hydrogen-bond donors (Lipinski definition) is 1. The molecule has 2 rings (SSSR count). The van der Waals surface area contributed by atoms with E-state index in [1.807, 2.05) is 6.92 Å². The summed E-state index contributed by atoms with van der Waals surface area (Å²) < 4.78 is 5.28. The van der Waals surface area contributed by atoms with Crippen LogP contribution in [0.3, 0.4) is 0 Å². The van der Waals surface area contributed by atoms with E-state index >= 15 is 0 Å². The highest BCUT2D eigenvalue weighted by Crippen LogP contribution is 2.28. The normalized spacial score (nSPS) is 11.8. The number of benzene rings is 1. The van der Waals surface area contributed by atoms with Crippen LogP contribution in [0.4, 0.5) is 0 Å². The van der Waals surface area contributed by atoms with Crippen LogP contribution < -0.4 is 0 Å². The van der Waals surface area contributed by atoms with Crippen LogP contribution in [0.25, 0.3) is 11.0 Å². The van der Waals surface area contributed by atoms with Crippen molar-refractivity contribution in [1.82, 2.24) is 0 Å². The molecule has 1 aromatic carbocycles. The summed E-state index contributed by atoms with van der Waals surface area (Å²) in [5, 5.41) is 14.4. The Kier molecular flexibility index (Phi) is 3.06. The van der Waals surface area contributed by atoms with Gasteiger partial charge in [0.25, 0.3) is 0 Å². The molecule has 0 aliphatic rings. The Morgan fingerprint density at radius 1 is 1.39 bits per heavy atom. The zero-order valence-corrected chi connectivity index (χ0v) is 10.4. The molecule has 94 valence electrons. The van der Waals surface area contributed by atoms with Gasteiger partial charge in [-0.15, -0.1) is 0 Å².